The molecule has 3 heterocycles. The zero-order chi connectivity index (χ0) is 22.6. The van der Waals surface area contributed by atoms with Crippen LogP contribution in [0.1, 0.15) is 12.0 Å². The van der Waals surface area contributed by atoms with Crippen LogP contribution < -0.4 is 14.8 Å². The zero-order valence-corrected chi connectivity index (χ0v) is 18.7. The Morgan fingerprint density at radius 3 is 2.82 bits per heavy atom. The van der Waals surface area contributed by atoms with Gasteiger partial charge in [-0.15, -0.1) is 10.2 Å². The number of fused-ring (bicyclic) bond motifs is 1. The number of hydrogen-bond acceptors (Lipinski definition) is 7. The number of thioether (sulfide) groups is 1. The Morgan fingerprint density at radius 1 is 1.09 bits per heavy atom. The van der Waals surface area contributed by atoms with Crippen LogP contribution in [0.5, 0.6) is 11.5 Å². The van der Waals surface area contributed by atoms with E-state index >= 15 is 0 Å². The van der Waals surface area contributed by atoms with Gasteiger partial charge in [0, 0.05) is 41.9 Å². The van der Waals surface area contributed by atoms with E-state index in [0.29, 0.717) is 35.2 Å². The number of aryl methyl sites for hydroxylation is 1. The fourth-order valence-electron chi connectivity index (χ4n) is 3.51. The molecular formula is C24H21N5O3S. The van der Waals surface area contributed by atoms with Gasteiger partial charge in [-0.3, -0.25) is 14.3 Å². The summed E-state index contributed by atoms with van der Waals surface area (Å²) in [4.78, 5) is 16.7. The van der Waals surface area contributed by atoms with Gasteiger partial charge in [0.25, 0.3) is 0 Å². The fourth-order valence-corrected chi connectivity index (χ4v) is 4.39. The normalized spacial score (nSPS) is 12.0. The SMILES string of the molecule is Cc1ccccc1-n1c(SCCC(=O)Nc2ccc3c(c2)OCO3)nnc1-c1cccnc1. The number of hydrogen-bond donors (Lipinski definition) is 1. The number of anilines is 1. The molecule has 0 atom stereocenters. The number of nitrogens with one attached hydrogen (secondary N) is 1. The fraction of sp³-hybridized carbons (Fsp3) is 0.167. The number of pyridine rings is 1. The highest BCUT2D eigenvalue weighted by Crippen LogP contribution is 2.34. The number of ether oxygens (including phenoxy) is 2. The topological polar surface area (TPSA) is 91.2 Å². The van der Waals surface area contributed by atoms with E-state index < -0.39 is 0 Å². The van der Waals surface area contributed by atoms with Crippen molar-refractivity contribution in [1.82, 2.24) is 19.7 Å². The Labute approximate surface area is 195 Å². The van der Waals surface area contributed by atoms with E-state index in [-0.39, 0.29) is 12.7 Å². The Bertz CT molecular complexity index is 1290. The zero-order valence-electron chi connectivity index (χ0n) is 17.9. The molecule has 9 heteroatoms. The Morgan fingerprint density at radius 2 is 1.97 bits per heavy atom. The van der Waals surface area contributed by atoms with Gasteiger partial charge >= 0.3 is 0 Å². The monoisotopic (exact) mass is 459 g/mol. The van der Waals surface area contributed by atoms with Gasteiger partial charge in [0.15, 0.2) is 22.5 Å². The smallest absolute Gasteiger partial charge is 0.231 e. The lowest BCUT2D eigenvalue weighted by molar-refractivity contribution is -0.115. The summed E-state index contributed by atoms with van der Waals surface area (Å²) in [5.41, 5.74) is 3.65. The summed E-state index contributed by atoms with van der Waals surface area (Å²) in [5.74, 6) is 2.49. The molecule has 166 valence electrons. The summed E-state index contributed by atoms with van der Waals surface area (Å²) in [6, 6.07) is 17.3. The van der Waals surface area contributed by atoms with Crippen LogP contribution in [-0.2, 0) is 4.79 Å². The van der Waals surface area contributed by atoms with Crippen molar-refractivity contribution in [2.45, 2.75) is 18.5 Å². The lowest BCUT2D eigenvalue weighted by Crippen LogP contribution is -2.12. The van der Waals surface area contributed by atoms with Crippen molar-refractivity contribution < 1.29 is 14.3 Å². The number of nitrogens with zero attached hydrogens (tertiary/aromatic N) is 4. The molecule has 0 saturated heterocycles. The summed E-state index contributed by atoms with van der Waals surface area (Å²) in [6.45, 7) is 2.25. The van der Waals surface area contributed by atoms with E-state index in [9.17, 15) is 4.79 Å². The van der Waals surface area contributed by atoms with Crippen molar-refractivity contribution in [3.8, 4) is 28.6 Å². The highest BCUT2D eigenvalue weighted by molar-refractivity contribution is 7.99. The van der Waals surface area contributed by atoms with E-state index in [1.54, 1.807) is 30.6 Å². The lowest BCUT2D eigenvalue weighted by Gasteiger charge is -2.12. The van der Waals surface area contributed by atoms with Crippen molar-refractivity contribution in [3.63, 3.8) is 0 Å². The molecule has 0 radical (unpaired) electrons. The van der Waals surface area contributed by atoms with E-state index in [0.717, 1.165) is 22.0 Å². The van der Waals surface area contributed by atoms with E-state index in [1.165, 1.54) is 11.8 Å². The molecule has 8 nitrogen and oxygen atoms in total. The van der Waals surface area contributed by atoms with Crippen LogP contribution in [0.15, 0.2) is 72.1 Å². The predicted octanol–water partition coefficient (Wildman–Crippen LogP) is 4.49. The van der Waals surface area contributed by atoms with Crippen LogP contribution in [0.4, 0.5) is 5.69 Å². The average molecular weight is 460 g/mol. The van der Waals surface area contributed by atoms with Crippen molar-refractivity contribution in [2.24, 2.45) is 0 Å². The molecule has 5 rings (SSSR count). The van der Waals surface area contributed by atoms with E-state index in [4.69, 9.17) is 9.47 Å². The minimum atomic E-state index is -0.0872. The molecule has 0 saturated carbocycles. The van der Waals surface area contributed by atoms with Crippen LogP contribution in [0.25, 0.3) is 17.1 Å². The highest BCUT2D eigenvalue weighted by Gasteiger charge is 2.18. The molecule has 4 aromatic rings. The molecule has 1 aliphatic heterocycles. The maximum Gasteiger partial charge on any atom is 0.231 e. The molecule has 1 amide bonds. The third kappa shape index (κ3) is 4.54. The first-order valence-corrected chi connectivity index (χ1v) is 11.4. The number of benzene rings is 2. The maximum atomic E-state index is 12.5. The number of aromatic nitrogens is 4. The molecule has 1 N–H and O–H groups in total. The van der Waals surface area contributed by atoms with Crippen LogP contribution in [0, 0.1) is 6.92 Å². The van der Waals surface area contributed by atoms with Gasteiger partial charge < -0.3 is 14.8 Å². The van der Waals surface area contributed by atoms with Gasteiger partial charge in [-0.1, -0.05) is 30.0 Å². The summed E-state index contributed by atoms with van der Waals surface area (Å²) >= 11 is 1.49. The van der Waals surface area contributed by atoms with Gasteiger partial charge in [-0.25, -0.2) is 0 Å². The molecule has 0 unspecified atom stereocenters. The Balaban J connectivity index is 1.31. The average Bonchev–Trinajstić information content (AvgIpc) is 3.47. The molecule has 0 aliphatic carbocycles. The van der Waals surface area contributed by atoms with Crippen LogP contribution in [0.2, 0.25) is 0 Å². The van der Waals surface area contributed by atoms with Gasteiger partial charge in [0.05, 0.1) is 5.69 Å². The van der Waals surface area contributed by atoms with Crippen LogP contribution >= 0.6 is 11.8 Å². The minimum Gasteiger partial charge on any atom is -0.454 e. The molecule has 2 aromatic heterocycles. The Kier molecular flexibility index (Phi) is 5.95. The second-order valence-electron chi connectivity index (χ2n) is 7.38. The first-order chi connectivity index (χ1) is 16.2. The van der Waals surface area contributed by atoms with Gasteiger partial charge in [0.1, 0.15) is 0 Å². The molecule has 1 aliphatic rings. The largest absolute Gasteiger partial charge is 0.454 e. The summed E-state index contributed by atoms with van der Waals surface area (Å²) < 4.78 is 12.7. The summed E-state index contributed by atoms with van der Waals surface area (Å²) in [6.07, 6.45) is 3.82. The number of amides is 1. The quantitative estimate of drug-likeness (QED) is 0.407. The number of carbonyl (C=O) groups is 1. The molecule has 33 heavy (non-hydrogen) atoms. The number of carbonyl (C=O) groups excluding carboxylic acids is 1. The molecular weight excluding hydrogens is 438 g/mol. The summed E-state index contributed by atoms with van der Waals surface area (Å²) in [5, 5.41) is 12.5. The van der Waals surface area contributed by atoms with Gasteiger partial charge in [-0.05, 0) is 42.8 Å². The number of para-hydroxylation sites is 1. The third-order valence-electron chi connectivity index (χ3n) is 5.13. The number of rotatable bonds is 7. The van der Waals surface area contributed by atoms with Crippen LogP contribution in [0.3, 0.4) is 0 Å². The van der Waals surface area contributed by atoms with Crippen molar-refractivity contribution in [2.75, 3.05) is 17.9 Å². The van der Waals surface area contributed by atoms with E-state index in [2.05, 4.69) is 33.5 Å². The van der Waals surface area contributed by atoms with E-state index in [1.807, 2.05) is 34.9 Å². The Hall–Kier alpha value is -3.85. The first kappa shape index (κ1) is 21.0. The molecule has 0 spiro atoms. The summed E-state index contributed by atoms with van der Waals surface area (Å²) in [7, 11) is 0. The molecule has 2 aromatic carbocycles. The van der Waals surface area contributed by atoms with Crippen molar-refractivity contribution in [1.29, 1.82) is 0 Å². The second-order valence-corrected chi connectivity index (χ2v) is 8.45. The standard InChI is InChI=1S/C24H21N5O3S/c1-16-5-2-3-7-19(16)29-23(17-6-4-11-25-14-17)27-28-24(29)33-12-10-22(30)26-18-8-9-20-21(13-18)32-15-31-20/h2-9,11,13-14H,10,12,15H2,1H3,(H,26,30). The van der Waals surface area contributed by atoms with Crippen LogP contribution in [-0.4, -0.2) is 38.2 Å². The van der Waals surface area contributed by atoms with Gasteiger partial charge in [0.2, 0.25) is 12.7 Å². The first-order valence-electron chi connectivity index (χ1n) is 10.4. The van der Waals surface area contributed by atoms with Crippen molar-refractivity contribution >= 4 is 23.4 Å². The minimum absolute atomic E-state index is 0.0872. The lowest BCUT2D eigenvalue weighted by atomic mass is 10.2. The third-order valence-corrected chi connectivity index (χ3v) is 6.06. The second kappa shape index (κ2) is 9.33. The maximum absolute atomic E-state index is 12.5. The van der Waals surface area contributed by atoms with Crippen molar-refractivity contribution in [3.05, 3.63) is 72.6 Å². The predicted molar refractivity (Wildman–Crippen MR) is 126 cm³/mol. The highest BCUT2D eigenvalue weighted by atomic mass is 32.2. The molecule has 0 bridgehead atoms. The van der Waals surface area contributed by atoms with Gasteiger partial charge in [-0.2, -0.15) is 0 Å². The molecule has 0 fully saturated rings.